The largest absolute Gasteiger partial charge is 0.416 e. The Balaban J connectivity index is 1.34. The molecule has 1 aromatic rings. The van der Waals surface area contributed by atoms with Crippen LogP contribution in [-0.2, 0) is 11.0 Å². The van der Waals surface area contributed by atoms with Crippen molar-refractivity contribution < 1.29 is 35.9 Å². The monoisotopic (exact) mass is 539 g/mol. The van der Waals surface area contributed by atoms with Crippen LogP contribution in [0.2, 0.25) is 0 Å². The van der Waals surface area contributed by atoms with Crippen molar-refractivity contribution >= 4 is 29.2 Å². The third-order valence-electron chi connectivity index (χ3n) is 6.99. The Hall–Kier alpha value is -2.67. The number of anilines is 1. The third-order valence-corrected chi connectivity index (χ3v) is 7.44. The van der Waals surface area contributed by atoms with Crippen LogP contribution in [0, 0.1) is 5.41 Å². The lowest BCUT2D eigenvalue weighted by Crippen LogP contribution is -2.50. The van der Waals surface area contributed by atoms with Gasteiger partial charge >= 0.3 is 18.4 Å². The van der Waals surface area contributed by atoms with Crippen molar-refractivity contribution in [2.75, 3.05) is 38.5 Å². The molecule has 3 aliphatic heterocycles. The van der Waals surface area contributed by atoms with Crippen LogP contribution in [0.1, 0.15) is 24.8 Å². The number of halogens is 7. The van der Waals surface area contributed by atoms with E-state index in [1.54, 1.807) is 4.90 Å². The molecular weight excluding hydrogens is 516 g/mol. The molecule has 2 fully saturated rings. The number of nitrogens with one attached hydrogen (secondary N) is 2. The van der Waals surface area contributed by atoms with E-state index < -0.39 is 41.5 Å². The number of urea groups is 1. The summed E-state index contributed by atoms with van der Waals surface area (Å²) in [4.78, 5) is 28.5. The van der Waals surface area contributed by atoms with Gasteiger partial charge in [0.2, 0.25) is 0 Å². The molecule has 3 heterocycles. The zero-order valence-electron chi connectivity index (χ0n) is 19.1. The fourth-order valence-corrected chi connectivity index (χ4v) is 5.12. The van der Waals surface area contributed by atoms with Crippen LogP contribution >= 0.6 is 11.6 Å². The molecule has 0 aliphatic carbocycles. The van der Waals surface area contributed by atoms with Crippen LogP contribution in [0.3, 0.4) is 0 Å². The van der Waals surface area contributed by atoms with Gasteiger partial charge in [0, 0.05) is 38.9 Å². The Bertz CT molecular complexity index is 1050. The summed E-state index contributed by atoms with van der Waals surface area (Å²) in [6.45, 7) is 1.23. The van der Waals surface area contributed by atoms with Gasteiger partial charge in [-0.05, 0) is 48.9 Å². The van der Waals surface area contributed by atoms with Gasteiger partial charge in [0.15, 0.2) is 6.04 Å². The maximum atomic E-state index is 13.4. The molecule has 14 heteroatoms. The summed E-state index contributed by atoms with van der Waals surface area (Å²) in [5.41, 5.74) is 0.744. The van der Waals surface area contributed by atoms with Crippen molar-refractivity contribution in [1.29, 1.82) is 0 Å². The second kappa shape index (κ2) is 9.33. The van der Waals surface area contributed by atoms with Crippen LogP contribution in [-0.4, -0.2) is 72.2 Å². The number of hydrogen-bond donors (Lipinski definition) is 2. The normalized spacial score (nSPS) is 22.6. The fourth-order valence-electron chi connectivity index (χ4n) is 4.88. The van der Waals surface area contributed by atoms with Crippen molar-refractivity contribution in [2.45, 2.75) is 37.7 Å². The number of hydrogen-bond acceptors (Lipinski definition) is 4. The summed E-state index contributed by atoms with van der Waals surface area (Å²) in [5, 5.41) is 3.27. The highest BCUT2D eigenvalue weighted by atomic mass is 35.5. The summed E-state index contributed by atoms with van der Waals surface area (Å²) in [5.74, 6) is -0.774. The Morgan fingerprint density at radius 3 is 2.08 bits per heavy atom. The lowest BCUT2D eigenvalue weighted by atomic mass is 9.77. The number of likely N-dealkylation sites (tertiary alicyclic amines) is 2. The first kappa shape index (κ1) is 26.4. The minimum absolute atomic E-state index is 0.217. The lowest BCUT2D eigenvalue weighted by Gasteiger charge is -2.39. The first-order chi connectivity index (χ1) is 16.7. The van der Waals surface area contributed by atoms with Gasteiger partial charge < -0.3 is 15.1 Å². The topological polar surface area (TPSA) is 67.9 Å². The van der Waals surface area contributed by atoms with Gasteiger partial charge in [-0.25, -0.2) is 10.2 Å². The van der Waals surface area contributed by atoms with Gasteiger partial charge in [0.25, 0.3) is 5.91 Å². The maximum Gasteiger partial charge on any atom is 0.416 e. The molecule has 7 nitrogen and oxygen atoms in total. The van der Waals surface area contributed by atoms with Gasteiger partial charge in [-0.2, -0.15) is 26.3 Å². The Labute approximate surface area is 208 Å². The standard InChI is InChI=1S/C22H24ClF6N5O2/c1-32-17(23)15(16(31-32)22(27,28)29)18(35)33-9-6-20(7-10-33)8-11-34(12-20)19(36)30-14-4-2-13(3-5-14)21(24,25)26/h2-5,16,31H,6-12H2,1H3,(H,30,36). The maximum absolute atomic E-state index is 13.4. The van der Waals surface area contributed by atoms with E-state index in [1.165, 1.54) is 24.1 Å². The number of hydrazine groups is 1. The van der Waals surface area contributed by atoms with E-state index >= 15 is 0 Å². The first-order valence-corrected chi connectivity index (χ1v) is 11.6. The summed E-state index contributed by atoms with van der Waals surface area (Å²) >= 11 is 6.00. The van der Waals surface area contributed by atoms with Gasteiger partial charge in [0.1, 0.15) is 5.16 Å². The number of piperidine rings is 1. The van der Waals surface area contributed by atoms with E-state index in [0.717, 1.165) is 17.1 Å². The van der Waals surface area contributed by atoms with Crippen LogP contribution in [0.5, 0.6) is 0 Å². The van der Waals surface area contributed by atoms with Crippen molar-refractivity contribution in [3.05, 3.63) is 40.6 Å². The molecule has 1 atom stereocenters. The molecule has 1 spiro atoms. The molecule has 2 saturated heterocycles. The molecule has 3 aliphatic rings. The molecule has 2 N–H and O–H groups in total. The number of rotatable bonds is 2. The van der Waals surface area contributed by atoms with Gasteiger partial charge in [0.05, 0.1) is 11.1 Å². The quantitative estimate of drug-likeness (QED) is 0.432. The fraction of sp³-hybridized carbons (Fsp3) is 0.545. The first-order valence-electron chi connectivity index (χ1n) is 11.2. The van der Waals surface area contributed by atoms with E-state index in [4.69, 9.17) is 11.6 Å². The Morgan fingerprint density at radius 2 is 1.56 bits per heavy atom. The zero-order chi connectivity index (χ0) is 26.5. The van der Waals surface area contributed by atoms with Crippen LogP contribution in [0.15, 0.2) is 35.0 Å². The highest BCUT2D eigenvalue weighted by molar-refractivity contribution is 6.32. The molecule has 0 bridgehead atoms. The molecule has 4 rings (SSSR count). The number of amides is 3. The minimum Gasteiger partial charge on any atom is -0.339 e. The molecule has 0 saturated carbocycles. The van der Waals surface area contributed by atoms with Crippen LogP contribution in [0.4, 0.5) is 36.8 Å². The molecule has 198 valence electrons. The molecule has 3 amide bonds. The smallest absolute Gasteiger partial charge is 0.339 e. The van der Waals surface area contributed by atoms with Crippen molar-refractivity contribution in [3.63, 3.8) is 0 Å². The number of carbonyl (C=O) groups is 2. The highest BCUT2D eigenvalue weighted by Crippen LogP contribution is 2.42. The summed E-state index contributed by atoms with van der Waals surface area (Å²) in [7, 11) is 1.30. The average molecular weight is 540 g/mol. The van der Waals surface area contributed by atoms with E-state index in [0.29, 0.717) is 32.4 Å². The Kier molecular flexibility index (Phi) is 6.84. The predicted molar refractivity (Wildman–Crippen MR) is 119 cm³/mol. The van der Waals surface area contributed by atoms with Crippen LogP contribution < -0.4 is 10.7 Å². The van der Waals surface area contributed by atoms with E-state index in [2.05, 4.69) is 10.7 Å². The molecule has 0 aromatic heterocycles. The molecule has 1 unspecified atom stereocenters. The van der Waals surface area contributed by atoms with Crippen LogP contribution in [0.25, 0.3) is 0 Å². The van der Waals surface area contributed by atoms with Crippen molar-refractivity contribution in [3.8, 4) is 0 Å². The summed E-state index contributed by atoms with van der Waals surface area (Å²) < 4.78 is 78.4. The number of alkyl halides is 6. The SMILES string of the molecule is CN1NC(C(F)(F)F)C(C(=O)N2CCC3(CCN(C(=O)Nc4ccc(C(F)(F)F)cc4)C3)CC2)=C1Cl. The molecular formula is C22H24ClF6N5O2. The van der Waals surface area contributed by atoms with Crippen molar-refractivity contribution in [2.24, 2.45) is 5.41 Å². The number of benzene rings is 1. The van der Waals surface area contributed by atoms with E-state index in [1.807, 2.05) is 0 Å². The second-order valence-electron chi connectivity index (χ2n) is 9.34. The lowest BCUT2D eigenvalue weighted by molar-refractivity contribution is -0.156. The van der Waals surface area contributed by atoms with Gasteiger partial charge in [-0.15, -0.1) is 0 Å². The third kappa shape index (κ3) is 5.22. The highest BCUT2D eigenvalue weighted by Gasteiger charge is 2.52. The molecule has 1 aromatic carbocycles. The zero-order valence-corrected chi connectivity index (χ0v) is 19.9. The van der Waals surface area contributed by atoms with Crippen molar-refractivity contribution in [1.82, 2.24) is 20.2 Å². The summed E-state index contributed by atoms with van der Waals surface area (Å²) in [6.07, 6.45) is -7.53. The number of carbonyl (C=O) groups excluding carboxylic acids is 2. The van der Waals surface area contributed by atoms with E-state index in [-0.39, 0.29) is 29.3 Å². The number of nitrogens with zero attached hydrogens (tertiary/aromatic N) is 3. The second-order valence-corrected chi connectivity index (χ2v) is 9.69. The molecule has 0 radical (unpaired) electrons. The predicted octanol–water partition coefficient (Wildman–Crippen LogP) is 4.38. The average Bonchev–Trinajstić information content (AvgIpc) is 3.35. The summed E-state index contributed by atoms with van der Waals surface area (Å²) in [6, 6.07) is 1.50. The van der Waals surface area contributed by atoms with Gasteiger partial charge in [-0.1, -0.05) is 11.6 Å². The molecule has 36 heavy (non-hydrogen) atoms. The Morgan fingerprint density at radius 1 is 1.00 bits per heavy atom. The van der Waals surface area contributed by atoms with E-state index in [9.17, 15) is 35.9 Å². The minimum atomic E-state index is -4.70. The van der Waals surface area contributed by atoms with Gasteiger partial charge in [-0.3, -0.25) is 9.80 Å².